The van der Waals surface area contributed by atoms with Gasteiger partial charge in [-0.2, -0.15) is 0 Å². The molecule has 1 heterocycles. The zero-order valence-corrected chi connectivity index (χ0v) is 32.4. The van der Waals surface area contributed by atoms with Crippen molar-refractivity contribution in [2.24, 2.45) is 23.7 Å². The first-order valence-electron chi connectivity index (χ1n) is 18.6. The molecule has 0 bridgehead atoms. The molecule has 1 aromatic carbocycles. The first-order chi connectivity index (χ1) is 22.7. The minimum absolute atomic E-state index is 0.0504. The highest BCUT2D eigenvalue weighted by Gasteiger charge is 2.39. The van der Waals surface area contributed by atoms with Crippen LogP contribution in [0.25, 0.3) is 0 Å². The van der Waals surface area contributed by atoms with Gasteiger partial charge >= 0.3 is 0 Å². The van der Waals surface area contributed by atoms with Gasteiger partial charge in [-0.3, -0.25) is 4.79 Å². The average molecular weight is 666 g/mol. The first kappa shape index (κ1) is 41.4. The summed E-state index contributed by atoms with van der Waals surface area (Å²) < 4.78 is 6.28. The number of carbonyl (C=O) groups is 1. The summed E-state index contributed by atoms with van der Waals surface area (Å²) in [6.07, 6.45) is 4.84. The van der Waals surface area contributed by atoms with E-state index in [9.17, 15) is 4.79 Å². The molecule has 0 aliphatic carbocycles. The number of likely N-dealkylation sites (tertiary alicyclic amines) is 1. The number of hydrogen-bond donors (Lipinski definition) is 3. The number of rotatable bonds is 22. The molecule has 9 unspecified atom stereocenters. The zero-order valence-electron chi connectivity index (χ0n) is 32.4. The third kappa shape index (κ3) is 10.9. The normalized spacial score (nSPS) is 19.8. The van der Waals surface area contributed by atoms with Crippen molar-refractivity contribution >= 4 is 5.91 Å². The summed E-state index contributed by atoms with van der Waals surface area (Å²) in [6.45, 7) is 32.6. The Morgan fingerprint density at radius 2 is 1.69 bits per heavy atom. The van der Waals surface area contributed by atoms with Crippen molar-refractivity contribution in [2.75, 3.05) is 34.3 Å². The van der Waals surface area contributed by atoms with Crippen molar-refractivity contribution < 1.29 is 9.53 Å². The molecule has 1 amide bonds. The third-order valence-corrected chi connectivity index (χ3v) is 11.3. The van der Waals surface area contributed by atoms with Crippen molar-refractivity contribution in [3.8, 4) is 0 Å². The van der Waals surface area contributed by atoms with E-state index in [2.05, 4.69) is 132 Å². The molecule has 1 aliphatic heterocycles. The van der Waals surface area contributed by atoms with Gasteiger partial charge in [-0.05, 0) is 50.1 Å². The topological polar surface area (TPSA) is 68.9 Å². The van der Waals surface area contributed by atoms with Crippen LogP contribution in [0.3, 0.4) is 0 Å². The average Bonchev–Trinajstić information content (AvgIpc) is 3.56. The molecule has 7 nitrogen and oxygen atoms in total. The van der Waals surface area contributed by atoms with Gasteiger partial charge in [-0.15, -0.1) is 0 Å². The molecule has 1 fully saturated rings. The Morgan fingerprint density at radius 3 is 2.23 bits per heavy atom. The van der Waals surface area contributed by atoms with Crippen molar-refractivity contribution in [3.05, 3.63) is 72.7 Å². The van der Waals surface area contributed by atoms with Crippen LogP contribution in [0, 0.1) is 23.7 Å². The fourth-order valence-corrected chi connectivity index (χ4v) is 7.81. The van der Waals surface area contributed by atoms with Crippen molar-refractivity contribution in [3.63, 3.8) is 0 Å². The maximum Gasteiger partial charge on any atom is 0.223 e. The molecule has 0 spiro atoms. The number of nitrogens with zero attached hydrogens (tertiary/aromatic N) is 2. The van der Waals surface area contributed by atoms with Crippen molar-refractivity contribution in [1.82, 2.24) is 25.8 Å². The minimum atomic E-state index is -0.0974. The Kier molecular flexibility index (Phi) is 17.3. The van der Waals surface area contributed by atoms with Gasteiger partial charge in [0.1, 0.15) is 0 Å². The molecule has 2 rings (SSSR count). The summed E-state index contributed by atoms with van der Waals surface area (Å²) in [6, 6.07) is 11.1. The summed E-state index contributed by atoms with van der Waals surface area (Å²) in [5, 5.41) is 10.3. The first-order valence-corrected chi connectivity index (χ1v) is 18.6. The number of nitrogens with one attached hydrogen (secondary N) is 3. The molecule has 1 aliphatic rings. The molecule has 0 aromatic heterocycles. The maximum absolute atomic E-state index is 13.7. The SMILES string of the molecule is C=C(NCC(=C)N(C)C(C(C)CC)C(CC(=C)N1CCCC1C(CC)C(C)C(=O)NC(C)C(C)c1ccccc1)OC)C(NC)C(C)C. The second-order valence-corrected chi connectivity index (χ2v) is 14.7. The Labute approximate surface area is 295 Å². The van der Waals surface area contributed by atoms with Gasteiger partial charge in [0.2, 0.25) is 5.91 Å². The van der Waals surface area contributed by atoms with E-state index < -0.39 is 0 Å². The monoisotopic (exact) mass is 666 g/mol. The Balaban J connectivity index is 2.14. The molecule has 0 radical (unpaired) electrons. The Hall–Kier alpha value is -2.77. The predicted molar refractivity (Wildman–Crippen MR) is 205 cm³/mol. The molecule has 3 N–H and O–H groups in total. The van der Waals surface area contributed by atoms with Crippen LogP contribution in [0.4, 0.5) is 0 Å². The summed E-state index contributed by atoms with van der Waals surface area (Å²) in [4.78, 5) is 18.5. The summed E-state index contributed by atoms with van der Waals surface area (Å²) in [5.41, 5.74) is 4.34. The number of amides is 1. The predicted octanol–water partition coefficient (Wildman–Crippen LogP) is 7.55. The lowest BCUT2D eigenvalue weighted by molar-refractivity contribution is -0.127. The van der Waals surface area contributed by atoms with Crippen LogP contribution in [0.1, 0.15) is 99.0 Å². The maximum atomic E-state index is 13.7. The lowest BCUT2D eigenvalue weighted by Crippen LogP contribution is -2.49. The van der Waals surface area contributed by atoms with E-state index in [4.69, 9.17) is 4.74 Å². The molecular formula is C41H71N5O2. The van der Waals surface area contributed by atoms with E-state index in [1.54, 1.807) is 0 Å². The number of ether oxygens (including phenoxy) is 1. The van der Waals surface area contributed by atoms with Gasteiger partial charge in [-0.1, -0.05) is 111 Å². The van der Waals surface area contributed by atoms with Gasteiger partial charge in [-0.25, -0.2) is 0 Å². The number of carbonyl (C=O) groups excluding carboxylic acids is 1. The number of hydrogen-bond acceptors (Lipinski definition) is 6. The van der Waals surface area contributed by atoms with Gasteiger partial charge in [0.25, 0.3) is 0 Å². The zero-order chi connectivity index (χ0) is 36.1. The van der Waals surface area contributed by atoms with Crippen LogP contribution < -0.4 is 16.0 Å². The molecule has 1 aromatic rings. The quantitative estimate of drug-likeness (QED) is 0.119. The lowest BCUT2D eigenvalue weighted by Gasteiger charge is -2.42. The molecular weight excluding hydrogens is 594 g/mol. The van der Waals surface area contributed by atoms with E-state index >= 15 is 0 Å². The van der Waals surface area contributed by atoms with E-state index in [-0.39, 0.29) is 53.9 Å². The molecule has 272 valence electrons. The molecule has 1 saturated heterocycles. The highest BCUT2D eigenvalue weighted by atomic mass is 16.5. The number of methoxy groups -OCH3 is 1. The fourth-order valence-electron chi connectivity index (χ4n) is 7.81. The number of likely N-dealkylation sites (N-methyl/N-ethyl adjacent to an activating group) is 2. The lowest BCUT2D eigenvalue weighted by atomic mass is 9.82. The van der Waals surface area contributed by atoms with Gasteiger partial charge in [0.15, 0.2) is 0 Å². The van der Waals surface area contributed by atoms with Crippen LogP contribution >= 0.6 is 0 Å². The van der Waals surface area contributed by atoms with Crippen LogP contribution in [0.5, 0.6) is 0 Å². The fraction of sp³-hybridized carbons (Fsp3) is 0.683. The van der Waals surface area contributed by atoms with Crippen molar-refractivity contribution in [2.45, 2.75) is 124 Å². The van der Waals surface area contributed by atoms with Crippen LogP contribution in [-0.4, -0.2) is 80.3 Å². The minimum Gasteiger partial charge on any atom is -0.382 e. The Bertz CT molecular complexity index is 1150. The molecule has 9 atom stereocenters. The van der Waals surface area contributed by atoms with Crippen LogP contribution in [-0.2, 0) is 9.53 Å². The van der Waals surface area contributed by atoms with E-state index in [0.29, 0.717) is 18.4 Å². The number of benzene rings is 1. The highest BCUT2D eigenvalue weighted by Crippen LogP contribution is 2.36. The third-order valence-electron chi connectivity index (χ3n) is 11.3. The van der Waals surface area contributed by atoms with Gasteiger partial charge in [0.05, 0.1) is 18.7 Å². The second-order valence-electron chi connectivity index (χ2n) is 14.7. The smallest absolute Gasteiger partial charge is 0.223 e. The summed E-state index contributed by atoms with van der Waals surface area (Å²) >= 11 is 0. The summed E-state index contributed by atoms with van der Waals surface area (Å²) in [5.74, 6) is 1.35. The highest BCUT2D eigenvalue weighted by molar-refractivity contribution is 5.79. The van der Waals surface area contributed by atoms with E-state index in [0.717, 1.165) is 55.7 Å². The Morgan fingerprint density at radius 1 is 1.04 bits per heavy atom. The van der Waals surface area contributed by atoms with Crippen LogP contribution in [0.15, 0.2) is 67.2 Å². The molecule has 7 heteroatoms. The molecule has 0 saturated carbocycles. The van der Waals surface area contributed by atoms with Crippen LogP contribution in [0.2, 0.25) is 0 Å². The van der Waals surface area contributed by atoms with Crippen molar-refractivity contribution in [1.29, 1.82) is 0 Å². The van der Waals surface area contributed by atoms with Gasteiger partial charge in [0, 0.05) is 74.2 Å². The van der Waals surface area contributed by atoms with Gasteiger partial charge < -0.3 is 30.5 Å². The largest absolute Gasteiger partial charge is 0.382 e. The van der Waals surface area contributed by atoms with E-state index in [1.165, 1.54) is 5.56 Å². The standard InChI is InChI=1S/C41H71N5O2/c1-15-28(5)40(45(13)30(7)26-43-34(11)39(42-12)27(3)4)38(48-14)25-29(6)46-24-20-23-37(46)36(16-2)32(9)41(47)44-33(10)31(8)35-21-18-17-19-22-35/h17-19,21-22,27-28,31-33,36-40,42-43H,6-7,11,15-16,20,23-26H2,1-5,8-10,12-14H3,(H,44,47). The van der Waals surface area contributed by atoms with E-state index in [1.807, 2.05) is 20.2 Å². The molecule has 48 heavy (non-hydrogen) atoms. The second kappa shape index (κ2) is 20.0. The summed E-state index contributed by atoms with van der Waals surface area (Å²) in [7, 11) is 5.94.